The molecule has 0 aromatic heterocycles. The number of hydrogen-bond donors (Lipinski definition) is 2. The summed E-state index contributed by atoms with van der Waals surface area (Å²) in [7, 11) is 0. The van der Waals surface area contributed by atoms with Gasteiger partial charge in [0.1, 0.15) is 19.0 Å². The Labute approximate surface area is 141 Å². The summed E-state index contributed by atoms with van der Waals surface area (Å²) < 4.78 is 27.7. The molecule has 1 aliphatic rings. The number of benzene rings is 1. The lowest BCUT2D eigenvalue weighted by molar-refractivity contribution is -0.121. The fourth-order valence-electron chi connectivity index (χ4n) is 3.26. The summed E-state index contributed by atoms with van der Waals surface area (Å²) in [6.45, 7) is 1.49. The van der Waals surface area contributed by atoms with Crippen LogP contribution in [0.4, 0.5) is 8.78 Å². The Morgan fingerprint density at radius 1 is 1.29 bits per heavy atom. The van der Waals surface area contributed by atoms with Crippen LogP contribution in [-0.4, -0.2) is 60.0 Å². The number of carbonyl (C=O) groups excluding carboxylic acids is 1. The summed E-state index contributed by atoms with van der Waals surface area (Å²) in [5, 5.41) is 12.6. The van der Waals surface area contributed by atoms with E-state index < -0.39 is 31.0 Å². The zero-order valence-electron chi connectivity index (χ0n) is 14.0. The van der Waals surface area contributed by atoms with E-state index >= 15 is 0 Å². The van der Waals surface area contributed by atoms with Crippen molar-refractivity contribution in [3.05, 3.63) is 35.9 Å². The lowest BCUT2D eigenvalue weighted by Crippen LogP contribution is -2.46. The van der Waals surface area contributed by atoms with Gasteiger partial charge < -0.3 is 10.4 Å². The maximum atomic E-state index is 14.4. The van der Waals surface area contributed by atoms with Crippen molar-refractivity contribution < 1.29 is 18.7 Å². The van der Waals surface area contributed by atoms with Gasteiger partial charge >= 0.3 is 0 Å². The predicted octanol–water partition coefficient (Wildman–Crippen LogP) is 1.87. The fraction of sp³-hybridized carbons (Fsp3) is 0.611. The van der Waals surface area contributed by atoms with Crippen LogP contribution >= 0.6 is 0 Å². The third-order valence-electron chi connectivity index (χ3n) is 4.65. The zero-order valence-corrected chi connectivity index (χ0v) is 14.0. The van der Waals surface area contributed by atoms with E-state index in [1.807, 2.05) is 30.3 Å². The smallest absolute Gasteiger partial charge is 0.219 e. The maximum Gasteiger partial charge on any atom is 0.219 e. The van der Waals surface area contributed by atoms with Crippen LogP contribution in [0.1, 0.15) is 25.3 Å². The maximum absolute atomic E-state index is 14.4. The number of hydrogen-bond acceptors (Lipinski definition) is 3. The molecular formula is C18H26F2N2O2. The second kappa shape index (κ2) is 9.08. The van der Waals surface area contributed by atoms with Crippen molar-refractivity contribution in [3.8, 4) is 0 Å². The number of halogens is 2. The Kier molecular flexibility index (Phi) is 7.12. The van der Waals surface area contributed by atoms with Crippen LogP contribution in [0.15, 0.2) is 30.3 Å². The number of aliphatic hydroxyl groups excluding tert-OH is 1. The molecule has 0 spiro atoms. The van der Waals surface area contributed by atoms with Gasteiger partial charge in [-0.25, -0.2) is 8.78 Å². The van der Waals surface area contributed by atoms with E-state index in [1.54, 1.807) is 11.8 Å². The number of alkyl halides is 2. The van der Waals surface area contributed by atoms with Crippen LogP contribution in [-0.2, 0) is 11.2 Å². The Morgan fingerprint density at radius 3 is 2.62 bits per heavy atom. The van der Waals surface area contributed by atoms with Gasteiger partial charge in [-0.15, -0.1) is 0 Å². The highest BCUT2D eigenvalue weighted by Gasteiger charge is 2.48. The van der Waals surface area contributed by atoms with Crippen LogP contribution in [0.3, 0.4) is 0 Å². The molecule has 2 rings (SSSR count). The Balaban J connectivity index is 1.96. The van der Waals surface area contributed by atoms with Gasteiger partial charge in [0, 0.05) is 13.0 Å². The van der Waals surface area contributed by atoms with Gasteiger partial charge in [0.2, 0.25) is 5.91 Å². The van der Waals surface area contributed by atoms with Crippen molar-refractivity contribution in [2.24, 2.45) is 0 Å². The van der Waals surface area contributed by atoms with E-state index in [9.17, 15) is 18.7 Å². The Morgan fingerprint density at radius 2 is 2.00 bits per heavy atom. The summed E-state index contributed by atoms with van der Waals surface area (Å²) in [6.07, 6.45) is -1.06. The number of nitrogens with zero attached hydrogens (tertiary/aromatic N) is 1. The summed E-state index contributed by atoms with van der Waals surface area (Å²) in [5.41, 5.74) is 1.17. The predicted molar refractivity (Wildman–Crippen MR) is 89.2 cm³/mol. The lowest BCUT2D eigenvalue weighted by Gasteiger charge is -2.29. The van der Waals surface area contributed by atoms with Crippen molar-refractivity contribution in [3.63, 3.8) is 0 Å². The largest absolute Gasteiger partial charge is 0.388 e. The van der Waals surface area contributed by atoms with Crippen LogP contribution < -0.4 is 5.32 Å². The second-order valence-electron chi connectivity index (χ2n) is 6.21. The Hall–Kier alpha value is -1.53. The quantitative estimate of drug-likeness (QED) is 0.760. The highest BCUT2D eigenvalue weighted by Crippen LogP contribution is 2.28. The summed E-state index contributed by atoms with van der Waals surface area (Å²) >= 11 is 0. The molecule has 1 aromatic rings. The van der Waals surface area contributed by atoms with Gasteiger partial charge in [-0.3, -0.25) is 9.69 Å². The summed E-state index contributed by atoms with van der Waals surface area (Å²) in [6, 6.07) is 8.36. The summed E-state index contributed by atoms with van der Waals surface area (Å²) in [5.74, 6) is -0.176. The first-order valence-corrected chi connectivity index (χ1v) is 8.53. The molecule has 134 valence electrons. The van der Waals surface area contributed by atoms with E-state index in [-0.39, 0.29) is 12.5 Å². The van der Waals surface area contributed by atoms with Gasteiger partial charge in [0.15, 0.2) is 0 Å². The minimum absolute atomic E-state index is 0.0900. The number of aliphatic hydroxyl groups is 1. The molecule has 24 heavy (non-hydrogen) atoms. The number of carbonyl (C=O) groups is 1. The molecule has 4 unspecified atom stereocenters. The molecule has 0 saturated carbocycles. The number of nitrogens with one attached hydrogen (secondary N) is 1. The molecule has 1 aromatic carbocycles. The third-order valence-corrected chi connectivity index (χ3v) is 4.65. The molecule has 1 aliphatic heterocycles. The highest BCUT2D eigenvalue weighted by molar-refractivity contribution is 5.75. The van der Waals surface area contributed by atoms with Crippen LogP contribution in [0.25, 0.3) is 0 Å². The van der Waals surface area contributed by atoms with Crippen molar-refractivity contribution >= 4 is 5.91 Å². The van der Waals surface area contributed by atoms with Crippen molar-refractivity contribution in [2.75, 3.05) is 19.8 Å². The molecule has 1 saturated heterocycles. The average molecular weight is 340 g/mol. The van der Waals surface area contributed by atoms with Crippen LogP contribution in [0, 0.1) is 0 Å². The standard InChI is InChI=1S/C18H26F2N2O2/c1-2-16(23)21-12-15-17(20)18(24)14(11-19)22(15)10-6-9-13-7-4-3-5-8-13/h3-5,7-8,14-15,17-18,24H,2,6,9-12H2,1H3,(H,21,23). The van der Waals surface area contributed by atoms with Gasteiger partial charge in [0.25, 0.3) is 0 Å². The van der Waals surface area contributed by atoms with E-state index in [0.717, 1.165) is 12.8 Å². The molecule has 2 N–H and O–H groups in total. The normalized spacial score (nSPS) is 27.3. The first kappa shape index (κ1) is 18.8. The molecule has 1 amide bonds. The average Bonchev–Trinajstić information content (AvgIpc) is 2.84. The lowest BCUT2D eigenvalue weighted by atomic mass is 10.1. The van der Waals surface area contributed by atoms with Crippen molar-refractivity contribution in [2.45, 2.75) is 50.5 Å². The SMILES string of the molecule is CCC(=O)NCC1C(F)C(O)C(CF)N1CCCc1ccccc1. The number of aryl methyl sites for hydroxylation is 1. The third kappa shape index (κ3) is 4.51. The highest BCUT2D eigenvalue weighted by atomic mass is 19.1. The van der Waals surface area contributed by atoms with Gasteiger partial charge in [-0.05, 0) is 24.9 Å². The molecule has 0 bridgehead atoms. The van der Waals surface area contributed by atoms with Crippen LogP contribution in [0.2, 0.25) is 0 Å². The molecule has 0 aliphatic carbocycles. The first-order chi connectivity index (χ1) is 11.6. The summed E-state index contributed by atoms with van der Waals surface area (Å²) in [4.78, 5) is 13.1. The van der Waals surface area contributed by atoms with Crippen molar-refractivity contribution in [1.29, 1.82) is 0 Å². The molecule has 4 atom stereocenters. The van der Waals surface area contributed by atoms with E-state index in [4.69, 9.17) is 0 Å². The van der Waals surface area contributed by atoms with Crippen LogP contribution in [0.5, 0.6) is 0 Å². The molecular weight excluding hydrogens is 314 g/mol. The van der Waals surface area contributed by atoms with E-state index in [2.05, 4.69) is 5.32 Å². The molecule has 6 heteroatoms. The molecule has 0 radical (unpaired) electrons. The topological polar surface area (TPSA) is 52.6 Å². The Bertz CT molecular complexity index is 515. The zero-order chi connectivity index (χ0) is 17.5. The second-order valence-corrected chi connectivity index (χ2v) is 6.21. The number of amides is 1. The number of likely N-dealkylation sites (tertiary alicyclic amines) is 1. The first-order valence-electron chi connectivity index (χ1n) is 8.53. The minimum atomic E-state index is -1.56. The van der Waals surface area contributed by atoms with Crippen molar-refractivity contribution in [1.82, 2.24) is 10.2 Å². The van der Waals surface area contributed by atoms with Gasteiger partial charge in [-0.2, -0.15) is 0 Å². The van der Waals surface area contributed by atoms with Gasteiger partial charge in [-0.1, -0.05) is 37.3 Å². The fourth-order valence-corrected chi connectivity index (χ4v) is 3.26. The van der Waals surface area contributed by atoms with E-state index in [1.165, 1.54) is 5.56 Å². The van der Waals surface area contributed by atoms with Gasteiger partial charge in [0.05, 0.1) is 12.1 Å². The minimum Gasteiger partial charge on any atom is -0.388 e. The molecule has 4 nitrogen and oxygen atoms in total. The number of rotatable bonds is 8. The monoisotopic (exact) mass is 340 g/mol. The molecule has 1 fully saturated rings. The van der Waals surface area contributed by atoms with E-state index in [0.29, 0.717) is 13.0 Å². The molecule has 1 heterocycles.